The summed E-state index contributed by atoms with van der Waals surface area (Å²) < 4.78 is 1.83. The molecule has 144 valence electrons. The summed E-state index contributed by atoms with van der Waals surface area (Å²) in [6.45, 7) is 3.89. The van der Waals surface area contributed by atoms with Crippen molar-refractivity contribution in [3.05, 3.63) is 77.2 Å². The number of carbonyl (C=O) groups is 1. The number of amides is 1. The van der Waals surface area contributed by atoms with E-state index in [2.05, 4.69) is 10.3 Å². The molecule has 6 nitrogen and oxygen atoms in total. The van der Waals surface area contributed by atoms with Gasteiger partial charge in [0.05, 0.1) is 22.3 Å². The quantitative estimate of drug-likeness (QED) is 0.561. The Labute approximate surface area is 168 Å². The molecule has 1 amide bonds. The summed E-state index contributed by atoms with van der Waals surface area (Å²) >= 11 is 0. The molecule has 0 atom stereocenters. The Hall–Kier alpha value is -3.54. The number of benzene rings is 1. The highest BCUT2D eigenvalue weighted by molar-refractivity contribution is 6.12. The summed E-state index contributed by atoms with van der Waals surface area (Å²) in [5, 5.41) is 8.42. The number of hydrogen-bond donors (Lipinski definition) is 1. The zero-order valence-electron chi connectivity index (χ0n) is 16.4. The molecule has 1 aromatic carbocycles. The second-order valence-corrected chi connectivity index (χ2v) is 7.57. The molecule has 1 fully saturated rings. The van der Waals surface area contributed by atoms with Gasteiger partial charge in [0, 0.05) is 17.8 Å². The maximum atomic E-state index is 13.2. The van der Waals surface area contributed by atoms with Gasteiger partial charge in [-0.1, -0.05) is 18.2 Å². The first-order valence-electron chi connectivity index (χ1n) is 9.80. The predicted molar refractivity (Wildman–Crippen MR) is 113 cm³/mol. The zero-order chi connectivity index (χ0) is 20.0. The Balaban J connectivity index is 1.66. The van der Waals surface area contributed by atoms with Crippen LogP contribution in [0.25, 0.3) is 16.7 Å². The average Bonchev–Trinajstić information content (AvgIpc) is 3.52. The fourth-order valence-corrected chi connectivity index (χ4v) is 3.61. The fourth-order valence-electron chi connectivity index (χ4n) is 3.61. The van der Waals surface area contributed by atoms with Gasteiger partial charge in [-0.15, -0.1) is 0 Å². The maximum absolute atomic E-state index is 13.2. The first-order valence-corrected chi connectivity index (χ1v) is 9.80. The summed E-state index contributed by atoms with van der Waals surface area (Å²) in [6, 6.07) is 15.6. The fraction of sp³-hybridized carbons (Fsp3) is 0.217. The Morgan fingerprint density at radius 1 is 1.10 bits per heavy atom. The van der Waals surface area contributed by atoms with Crippen molar-refractivity contribution in [1.82, 2.24) is 19.7 Å². The Kier molecular flexibility index (Phi) is 4.12. The van der Waals surface area contributed by atoms with E-state index >= 15 is 0 Å². The molecule has 3 heterocycles. The average molecular weight is 383 g/mol. The van der Waals surface area contributed by atoms with Crippen molar-refractivity contribution < 1.29 is 4.79 Å². The normalized spacial score (nSPS) is 13.6. The molecule has 1 N–H and O–H groups in total. The van der Waals surface area contributed by atoms with Crippen LogP contribution in [0.2, 0.25) is 0 Å². The highest BCUT2D eigenvalue weighted by atomic mass is 16.1. The summed E-state index contributed by atoms with van der Waals surface area (Å²) in [5.74, 6) is 0.775. The molecule has 1 aliphatic rings. The molecule has 0 saturated heterocycles. The van der Waals surface area contributed by atoms with E-state index in [4.69, 9.17) is 10.1 Å². The van der Waals surface area contributed by atoms with Gasteiger partial charge in [0.15, 0.2) is 5.65 Å². The number of rotatable bonds is 4. The van der Waals surface area contributed by atoms with Crippen molar-refractivity contribution in [1.29, 1.82) is 0 Å². The second kappa shape index (κ2) is 6.81. The molecular weight excluding hydrogens is 362 g/mol. The third-order valence-electron chi connectivity index (χ3n) is 5.23. The lowest BCUT2D eigenvalue weighted by Crippen LogP contribution is -2.14. The topological polar surface area (TPSA) is 72.7 Å². The van der Waals surface area contributed by atoms with Crippen molar-refractivity contribution in [2.24, 2.45) is 0 Å². The van der Waals surface area contributed by atoms with Crippen molar-refractivity contribution in [3.8, 4) is 5.69 Å². The van der Waals surface area contributed by atoms with Gasteiger partial charge in [0.2, 0.25) is 0 Å². The molecule has 5 rings (SSSR count). The van der Waals surface area contributed by atoms with Gasteiger partial charge in [-0.2, -0.15) is 5.10 Å². The van der Waals surface area contributed by atoms with Crippen molar-refractivity contribution >= 4 is 22.8 Å². The summed E-state index contributed by atoms with van der Waals surface area (Å²) in [5.41, 5.74) is 5.03. The lowest BCUT2D eigenvalue weighted by molar-refractivity contribution is 0.102. The van der Waals surface area contributed by atoms with Gasteiger partial charge in [-0.3, -0.25) is 4.79 Å². The maximum Gasteiger partial charge on any atom is 0.257 e. The smallest absolute Gasteiger partial charge is 0.257 e. The third-order valence-corrected chi connectivity index (χ3v) is 5.23. The van der Waals surface area contributed by atoms with Crippen LogP contribution in [0, 0.1) is 13.8 Å². The highest BCUT2D eigenvalue weighted by Gasteiger charge is 2.29. The minimum atomic E-state index is -0.187. The van der Waals surface area contributed by atoms with Crippen molar-refractivity contribution in [2.75, 3.05) is 5.32 Å². The van der Waals surface area contributed by atoms with E-state index in [-0.39, 0.29) is 5.91 Å². The first-order chi connectivity index (χ1) is 14.1. The second-order valence-electron chi connectivity index (χ2n) is 7.57. The number of anilines is 1. The van der Waals surface area contributed by atoms with Crippen LogP contribution in [0.3, 0.4) is 0 Å². The van der Waals surface area contributed by atoms with E-state index in [1.54, 1.807) is 6.20 Å². The van der Waals surface area contributed by atoms with E-state index in [0.29, 0.717) is 17.3 Å². The SMILES string of the molecule is Cc1ccnc(NC(=O)c2cc(C3CC3)nc3c2c(C)nn3-c2ccccc2)c1. The van der Waals surface area contributed by atoms with Crippen LogP contribution >= 0.6 is 0 Å². The van der Waals surface area contributed by atoms with Crippen LogP contribution in [-0.4, -0.2) is 25.7 Å². The number of nitrogens with one attached hydrogen (secondary N) is 1. The summed E-state index contributed by atoms with van der Waals surface area (Å²) in [7, 11) is 0. The largest absolute Gasteiger partial charge is 0.307 e. The molecular formula is C23H21N5O. The monoisotopic (exact) mass is 383 g/mol. The Morgan fingerprint density at radius 3 is 2.62 bits per heavy atom. The molecule has 0 aliphatic heterocycles. The van der Waals surface area contributed by atoms with Crippen LogP contribution in [-0.2, 0) is 0 Å². The number of pyridine rings is 2. The van der Waals surface area contributed by atoms with E-state index < -0.39 is 0 Å². The van der Waals surface area contributed by atoms with Gasteiger partial charge in [-0.25, -0.2) is 14.6 Å². The Morgan fingerprint density at radius 2 is 1.90 bits per heavy atom. The summed E-state index contributed by atoms with van der Waals surface area (Å²) in [4.78, 5) is 22.4. The van der Waals surface area contributed by atoms with Crippen LogP contribution in [0.1, 0.15) is 46.1 Å². The number of aromatic nitrogens is 4. The molecule has 4 aromatic rings. The van der Waals surface area contributed by atoms with Gasteiger partial charge in [0.25, 0.3) is 5.91 Å². The standard InChI is InChI=1S/C23H21N5O/c1-14-10-11-24-20(12-14)26-23(29)18-13-19(16-8-9-16)25-22-21(18)15(2)27-28(22)17-6-4-3-5-7-17/h3-7,10-13,16H,8-9H2,1-2H3,(H,24,26,29). The van der Waals surface area contributed by atoms with Crippen molar-refractivity contribution in [2.45, 2.75) is 32.6 Å². The number of para-hydroxylation sites is 1. The number of carbonyl (C=O) groups excluding carboxylic acids is 1. The van der Waals surface area contributed by atoms with Gasteiger partial charge in [0.1, 0.15) is 5.82 Å². The molecule has 0 unspecified atom stereocenters. The van der Waals surface area contributed by atoms with Gasteiger partial charge < -0.3 is 5.32 Å². The van der Waals surface area contributed by atoms with Crippen LogP contribution < -0.4 is 5.32 Å². The lowest BCUT2D eigenvalue weighted by atomic mass is 10.1. The summed E-state index contributed by atoms with van der Waals surface area (Å²) in [6.07, 6.45) is 3.91. The zero-order valence-corrected chi connectivity index (χ0v) is 16.4. The first kappa shape index (κ1) is 17.6. The minimum Gasteiger partial charge on any atom is -0.307 e. The molecule has 1 saturated carbocycles. The van der Waals surface area contributed by atoms with Crippen molar-refractivity contribution in [3.63, 3.8) is 0 Å². The molecule has 0 spiro atoms. The Bertz CT molecular complexity index is 1220. The number of aryl methyl sites for hydroxylation is 2. The predicted octanol–water partition coefficient (Wildman–Crippen LogP) is 4.56. The molecule has 1 aliphatic carbocycles. The van der Waals surface area contributed by atoms with E-state index in [0.717, 1.165) is 46.5 Å². The van der Waals surface area contributed by atoms with E-state index in [9.17, 15) is 4.79 Å². The molecule has 0 radical (unpaired) electrons. The van der Waals surface area contributed by atoms with Gasteiger partial charge in [-0.05, 0) is 62.6 Å². The molecule has 6 heteroatoms. The lowest BCUT2D eigenvalue weighted by Gasteiger charge is -2.09. The van der Waals surface area contributed by atoms with E-state index in [1.165, 1.54) is 0 Å². The van der Waals surface area contributed by atoms with Crippen LogP contribution in [0.15, 0.2) is 54.7 Å². The van der Waals surface area contributed by atoms with Crippen LogP contribution in [0.4, 0.5) is 5.82 Å². The molecule has 0 bridgehead atoms. The minimum absolute atomic E-state index is 0.187. The van der Waals surface area contributed by atoms with Gasteiger partial charge >= 0.3 is 0 Å². The molecule has 29 heavy (non-hydrogen) atoms. The third kappa shape index (κ3) is 3.27. The van der Waals surface area contributed by atoms with Crippen LogP contribution in [0.5, 0.6) is 0 Å². The highest BCUT2D eigenvalue weighted by Crippen LogP contribution is 2.40. The number of nitrogens with zero attached hydrogens (tertiary/aromatic N) is 4. The molecule has 3 aromatic heterocycles. The number of fused-ring (bicyclic) bond motifs is 1. The number of hydrogen-bond acceptors (Lipinski definition) is 4. The van der Waals surface area contributed by atoms with E-state index in [1.807, 2.05) is 67.1 Å².